The number of hydrogen-bond acceptors (Lipinski definition) is 3. The lowest BCUT2D eigenvalue weighted by Gasteiger charge is -2.31. The SMILES string of the molecule is CC(C)CNCC1(Cc2cn3ccsc3n2)CC2CC2C1. The largest absolute Gasteiger partial charge is 0.316 e. The fourth-order valence-corrected chi connectivity index (χ4v) is 4.95. The zero-order valence-electron chi connectivity index (χ0n) is 13.0. The first-order valence-electron chi connectivity index (χ1n) is 8.25. The second-order valence-corrected chi connectivity index (χ2v) is 8.56. The van der Waals surface area contributed by atoms with E-state index in [1.165, 1.54) is 31.5 Å². The van der Waals surface area contributed by atoms with E-state index in [1.54, 1.807) is 11.3 Å². The standard InChI is InChI=1S/C17H25N3S/c1-12(2)9-18-11-17(6-13-5-14(13)7-17)8-15-10-20-3-4-21-16(20)19-15/h3-4,10,12-14,18H,5-9,11H2,1-2H3. The molecule has 2 unspecified atom stereocenters. The maximum absolute atomic E-state index is 4.82. The molecule has 0 saturated heterocycles. The fraction of sp³-hybridized carbons (Fsp3) is 0.706. The molecule has 2 fully saturated rings. The van der Waals surface area contributed by atoms with Gasteiger partial charge in [0.15, 0.2) is 4.96 Å². The zero-order chi connectivity index (χ0) is 14.4. The monoisotopic (exact) mass is 303 g/mol. The molecule has 21 heavy (non-hydrogen) atoms. The summed E-state index contributed by atoms with van der Waals surface area (Å²) in [6.45, 7) is 6.88. The summed E-state index contributed by atoms with van der Waals surface area (Å²) in [5.41, 5.74) is 1.75. The highest BCUT2D eigenvalue weighted by molar-refractivity contribution is 7.15. The van der Waals surface area contributed by atoms with Gasteiger partial charge in [0.2, 0.25) is 0 Å². The van der Waals surface area contributed by atoms with Gasteiger partial charge in [0.1, 0.15) is 0 Å². The fourth-order valence-electron chi connectivity index (χ4n) is 4.23. The molecule has 2 aromatic heterocycles. The van der Waals surface area contributed by atoms with Gasteiger partial charge >= 0.3 is 0 Å². The van der Waals surface area contributed by atoms with E-state index in [9.17, 15) is 0 Å². The Balaban J connectivity index is 1.48. The number of fused-ring (bicyclic) bond motifs is 2. The summed E-state index contributed by atoms with van der Waals surface area (Å²) in [5, 5.41) is 5.83. The lowest BCUT2D eigenvalue weighted by Crippen LogP contribution is -2.36. The maximum atomic E-state index is 4.82. The van der Waals surface area contributed by atoms with Crippen LogP contribution in [0.2, 0.25) is 0 Å². The summed E-state index contributed by atoms with van der Waals surface area (Å²) >= 11 is 1.73. The van der Waals surface area contributed by atoms with Crippen LogP contribution in [0.15, 0.2) is 17.8 Å². The maximum Gasteiger partial charge on any atom is 0.193 e. The van der Waals surface area contributed by atoms with Crippen molar-refractivity contribution in [3.05, 3.63) is 23.5 Å². The molecule has 0 bridgehead atoms. The molecule has 2 heterocycles. The Morgan fingerprint density at radius 3 is 2.95 bits per heavy atom. The third-order valence-corrected chi connectivity index (χ3v) is 5.98. The molecular weight excluding hydrogens is 278 g/mol. The Kier molecular flexibility index (Phi) is 3.34. The second-order valence-electron chi connectivity index (χ2n) is 7.69. The molecule has 0 aliphatic heterocycles. The summed E-state index contributed by atoms with van der Waals surface area (Å²) in [4.78, 5) is 5.96. The van der Waals surface area contributed by atoms with E-state index >= 15 is 0 Å². The van der Waals surface area contributed by atoms with Crippen LogP contribution in [0.3, 0.4) is 0 Å². The number of thiazole rings is 1. The third kappa shape index (κ3) is 2.76. The van der Waals surface area contributed by atoms with Crippen molar-refractivity contribution < 1.29 is 0 Å². The van der Waals surface area contributed by atoms with Crippen LogP contribution in [0, 0.1) is 23.2 Å². The number of nitrogens with zero attached hydrogens (tertiary/aromatic N) is 2. The number of hydrogen-bond donors (Lipinski definition) is 1. The van der Waals surface area contributed by atoms with E-state index in [-0.39, 0.29) is 0 Å². The lowest BCUT2D eigenvalue weighted by atomic mass is 9.78. The first-order valence-corrected chi connectivity index (χ1v) is 9.13. The summed E-state index contributed by atoms with van der Waals surface area (Å²) < 4.78 is 2.17. The number of rotatable bonds is 6. The molecular formula is C17H25N3S. The number of nitrogens with one attached hydrogen (secondary N) is 1. The minimum Gasteiger partial charge on any atom is -0.316 e. The van der Waals surface area contributed by atoms with Crippen LogP contribution in [-0.4, -0.2) is 22.5 Å². The molecule has 3 nitrogen and oxygen atoms in total. The van der Waals surface area contributed by atoms with Gasteiger partial charge in [-0.1, -0.05) is 13.8 Å². The Labute approximate surface area is 130 Å². The van der Waals surface area contributed by atoms with Crippen molar-refractivity contribution in [2.24, 2.45) is 23.2 Å². The number of aromatic nitrogens is 2. The van der Waals surface area contributed by atoms with E-state index < -0.39 is 0 Å². The van der Waals surface area contributed by atoms with Gasteiger partial charge in [-0.05, 0) is 55.4 Å². The highest BCUT2D eigenvalue weighted by Crippen LogP contribution is 2.60. The van der Waals surface area contributed by atoms with Gasteiger partial charge in [-0.25, -0.2) is 4.98 Å². The van der Waals surface area contributed by atoms with Crippen molar-refractivity contribution in [3.8, 4) is 0 Å². The van der Waals surface area contributed by atoms with E-state index in [0.29, 0.717) is 5.41 Å². The Hall–Kier alpha value is -0.870. The molecule has 2 saturated carbocycles. The predicted molar refractivity (Wildman–Crippen MR) is 87.7 cm³/mol. The van der Waals surface area contributed by atoms with Gasteiger partial charge in [-0.2, -0.15) is 0 Å². The smallest absolute Gasteiger partial charge is 0.193 e. The third-order valence-electron chi connectivity index (χ3n) is 5.21. The van der Waals surface area contributed by atoms with Crippen LogP contribution in [0.1, 0.15) is 38.8 Å². The second kappa shape index (κ2) is 5.10. The summed E-state index contributed by atoms with van der Waals surface area (Å²) in [6.07, 6.45) is 9.82. The molecule has 0 spiro atoms. The van der Waals surface area contributed by atoms with Crippen molar-refractivity contribution in [2.75, 3.05) is 13.1 Å². The van der Waals surface area contributed by atoms with Gasteiger partial charge in [-0.15, -0.1) is 11.3 Å². The van der Waals surface area contributed by atoms with Crippen molar-refractivity contribution >= 4 is 16.3 Å². The van der Waals surface area contributed by atoms with Gasteiger partial charge in [-0.3, -0.25) is 4.40 Å². The van der Waals surface area contributed by atoms with Crippen LogP contribution in [0.4, 0.5) is 0 Å². The summed E-state index contributed by atoms with van der Waals surface area (Å²) in [5.74, 6) is 2.78. The minimum atomic E-state index is 0.465. The van der Waals surface area contributed by atoms with Crippen LogP contribution >= 0.6 is 11.3 Å². The Bertz CT molecular complexity index is 588. The average Bonchev–Trinajstić information content (AvgIpc) is 2.78. The minimum absolute atomic E-state index is 0.465. The van der Waals surface area contributed by atoms with Crippen molar-refractivity contribution in [1.29, 1.82) is 0 Å². The van der Waals surface area contributed by atoms with Gasteiger partial charge in [0.05, 0.1) is 5.69 Å². The molecule has 2 aliphatic carbocycles. The van der Waals surface area contributed by atoms with E-state index in [1.807, 2.05) is 0 Å². The first kappa shape index (κ1) is 13.8. The van der Waals surface area contributed by atoms with E-state index in [4.69, 9.17) is 4.98 Å². The molecule has 2 aliphatic rings. The summed E-state index contributed by atoms with van der Waals surface area (Å²) in [6, 6.07) is 0. The Morgan fingerprint density at radius 2 is 2.24 bits per heavy atom. The lowest BCUT2D eigenvalue weighted by molar-refractivity contribution is 0.243. The summed E-state index contributed by atoms with van der Waals surface area (Å²) in [7, 11) is 0. The molecule has 4 rings (SSSR count). The van der Waals surface area contributed by atoms with Crippen molar-refractivity contribution in [1.82, 2.24) is 14.7 Å². The van der Waals surface area contributed by atoms with Crippen LogP contribution < -0.4 is 5.32 Å². The van der Waals surface area contributed by atoms with E-state index in [0.717, 1.165) is 35.7 Å². The van der Waals surface area contributed by atoms with Crippen LogP contribution in [0.5, 0.6) is 0 Å². The van der Waals surface area contributed by atoms with Gasteiger partial charge in [0, 0.05) is 24.3 Å². The van der Waals surface area contributed by atoms with Gasteiger partial charge < -0.3 is 5.32 Å². The average molecular weight is 303 g/mol. The van der Waals surface area contributed by atoms with Crippen molar-refractivity contribution in [3.63, 3.8) is 0 Å². The molecule has 1 N–H and O–H groups in total. The van der Waals surface area contributed by atoms with Crippen molar-refractivity contribution in [2.45, 2.75) is 39.5 Å². The van der Waals surface area contributed by atoms with Crippen LogP contribution in [0.25, 0.3) is 4.96 Å². The molecule has 4 heteroatoms. The number of imidazole rings is 1. The molecule has 0 aromatic carbocycles. The molecule has 2 aromatic rings. The topological polar surface area (TPSA) is 29.3 Å². The zero-order valence-corrected chi connectivity index (χ0v) is 13.8. The predicted octanol–water partition coefficient (Wildman–Crippen LogP) is 3.60. The molecule has 114 valence electrons. The molecule has 0 radical (unpaired) electrons. The Morgan fingerprint density at radius 1 is 1.43 bits per heavy atom. The normalized spacial score (nSPS) is 31.2. The molecule has 2 atom stereocenters. The first-order chi connectivity index (χ1) is 10.1. The quantitative estimate of drug-likeness (QED) is 0.883. The van der Waals surface area contributed by atoms with Gasteiger partial charge in [0.25, 0.3) is 0 Å². The highest BCUT2D eigenvalue weighted by Gasteiger charge is 2.53. The molecule has 0 amide bonds. The highest BCUT2D eigenvalue weighted by atomic mass is 32.1. The van der Waals surface area contributed by atoms with Crippen LogP contribution in [-0.2, 0) is 6.42 Å². The van der Waals surface area contributed by atoms with E-state index in [2.05, 4.69) is 41.3 Å².